The van der Waals surface area contributed by atoms with Crippen LogP contribution in [-0.4, -0.2) is 25.0 Å². The molecule has 0 amide bonds. The van der Waals surface area contributed by atoms with Gasteiger partial charge in [-0.1, -0.05) is 36.4 Å². The van der Waals surface area contributed by atoms with Crippen molar-refractivity contribution in [2.45, 2.75) is 18.9 Å². The third kappa shape index (κ3) is 3.80. The van der Waals surface area contributed by atoms with Gasteiger partial charge in [0, 0.05) is 12.6 Å². The number of rotatable bonds is 7. The van der Waals surface area contributed by atoms with Crippen LogP contribution in [0, 0.1) is 0 Å². The third-order valence-corrected chi connectivity index (χ3v) is 2.86. The predicted molar refractivity (Wildman–Crippen MR) is 70.3 cm³/mol. The molecule has 88 valence electrons. The number of likely N-dealkylation sites (N-methyl/N-ethyl adjacent to an activating group) is 1. The van der Waals surface area contributed by atoms with Crippen LogP contribution in [0.4, 0.5) is 0 Å². The summed E-state index contributed by atoms with van der Waals surface area (Å²) in [5.74, 6) is 0. The predicted octanol–water partition coefficient (Wildman–Crippen LogP) is 2.58. The first-order valence-electron chi connectivity index (χ1n) is 5.85. The Hall–Kier alpha value is -1.12. The number of hydrogen-bond donors (Lipinski definition) is 1. The van der Waals surface area contributed by atoms with E-state index in [-0.39, 0.29) is 0 Å². The largest absolute Gasteiger partial charge is 0.329 e. The molecular weight excluding hydrogens is 196 g/mol. The molecule has 0 aliphatic carbocycles. The minimum Gasteiger partial charge on any atom is -0.329 e. The van der Waals surface area contributed by atoms with Gasteiger partial charge in [-0.3, -0.25) is 4.90 Å². The first kappa shape index (κ1) is 12.9. The summed E-state index contributed by atoms with van der Waals surface area (Å²) in [6, 6.07) is 10.8. The van der Waals surface area contributed by atoms with Crippen molar-refractivity contribution in [3.8, 4) is 0 Å². The van der Waals surface area contributed by atoms with Crippen molar-refractivity contribution in [2.75, 3.05) is 20.1 Å². The van der Waals surface area contributed by atoms with Crippen LogP contribution >= 0.6 is 0 Å². The molecule has 0 saturated heterocycles. The average molecular weight is 218 g/mol. The first-order chi connectivity index (χ1) is 7.79. The second-order valence-electron chi connectivity index (χ2n) is 4.07. The lowest BCUT2D eigenvalue weighted by Crippen LogP contribution is -2.31. The molecule has 1 atom stereocenters. The van der Waals surface area contributed by atoms with Gasteiger partial charge in [0.25, 0.3) is 0 Å². The van der Waals surface area contributed by atoms with E-state index in [1.165, 1.54) is 5.56 Å². The zero-order chi connectivity index (χ0) is 11.8. The molecule has 0 aromatic heterocycles. The molecule has 0 aliphatic heterocycles. The molecule has 0 fully saturated rings. The van der Waals surface area contributed by atoms with E-state index in [4.69, 9.17) is 5.73 Å². The summed E-state index contributed by atoms with van der Waals surface area (Å²) >= 11 is 0. The van der Waals surface area contributed by atoms with Crippen molar-refractivity contribution in [3.63, 3.8) is 0 Å². The van der Waals surface area contributed by atoms with E-state index in [2.05, 4.69) is 42.8 Å². The highest BCUT2D eigenvalue weighted by Gasteiger charge is 2.13. The number of hydrogen-bond acceptors (Lipinski definition) is 2. The van der Waals surface area contributed by atoms with Gasteiger partial charge in [-0.25, -0.2) is 0 Å². The van der Waals surface area contributed by atoms with Crippen LogP contribution in [0.5, 0.6) is 0 Å². The minimum atomic E-state index is 0.325. The number of unbranched alkanes of at least 4 members (excludes halogenated alkanes) is 1. The van der Waals surface area contributed by atoms with Crippen molar-refractivity contribution >= 4 is 0 Å². The molecule has 0 spiro atoms. The van der Waals surface area contributed by atoms with Gasteiger partial charge in [-0.2, -0.15) is 0 Å². The molecule has 0 heterocycles. The Kier molecular flexibility index (Phi) is 5.83. The van der Waals surface area contributed by atoms with Crippen molar-refractivity contribution in [2.24, 2.45) is 5.73 Å². The number of benzene rings is 1. The average Bonchev–Trinajstić information content (AvgIpc) is 2.32. The van der Waals surface area contributed by atoms with Gasteiger partial charge >= 0.3 is 0 Å². The molecule has 0 saturated carbocycles. The highest BCUT2D eigenvalue weighted by atomic mass is 15.1. The van der Waals surface area contributed by atoms with Crippen LogP contribution in [0.15, 0.2) is 43.0 Å². The van der Waals surface area contributed by atoms with Crippen molar-refractivity contribution in [3.05, 3.63) is 48.6 Å². The zero-order valence-corrected chi connectivity index (χ0v) is 10.1. The topological polar surface area (TPSA) is 29.3 Å². The number of nitrogens with two attached hydrogens (primary N) is 1. The van der Waals surface area contributed by atoms with Gasteiger partial charge in [0.1, 0.15) is 0 Å². The summed E-state index contributed by atoms with van der Waals surface area (Å²) in [6.45, 7) is 5.46. The molecule has 16 heavy (non-hydrogen) atoms. The Morgan fingerprint density at radius 1 is 1.38 bits per heavy atom. The van der Waals surface area contributed by atoms with E-state index in [0.29, 0.717) is 12.6 Å². The lowest BCUT2D eigenvalue weighted by Gasteiger charge is -2.27. The van der Waals surface area contributed by atoms with Crippen molar-refractivity contribution < 1.29 is 0 Å². The van der Waals surface area contributed by atoms with Crippen LogP contribution in [0.3, 0.4) is 0 Å². The molecule has 2 nitrogen and oxygen atoms in total. The lowest BCUT2D eigenvalue weighted by atomic mass is 10.1. The standard InChI is InChI=1S/C14H22N2/c1-3-4-8-11-16(2)14(12-15)13-9-6-5-7-10-13/h3,5-7,9-10,14H,1,4,8,11-12,15H2,2H3. The maximum Gasteiger partial charge on any atom is 0.0467 e. The van der Waals surface area contributed by atoms with E-state index >= 15 is 0 Å². The van der Waals surface area contributed by atoms with Crippen LogP contribution < -0.4 is 5.73 Å². The van der Waals surface area contributed by atoms with E-state index < -0.39 is 0 Å². The minimum absolute atomic E-state index is 0.325. The quantitative estimate of drug-likeness (QED) is 0.563. The van der Waals surface area contributed by atoms with E-state index in [0.717, 1.165) is 19.4 Å². The molecular formula is C14H22N2. The molecule has 1 aromatic carbocycles. The monoisotopic (exact) mass is 218 g/mol. The van der Waals surface area contributed by atoms with Gasteiger partial charge in [-0.05, 0) is 32.0 Å². The van der Waals surface area contributed by atoms with Crippen LogP contribution in [0.2, 0.25) is 0 Å². The summed E-state index contributed by atoms with van der Waals surface area (Å²) < 4.78 is 0. The van der Waals surface area contributed by atoms with E-state index in [1.54, 1.807) is 0 Å². The Bertz CT molecular complexity index is 295. The first-order valence-corrected chi connectivity index (χ1v) is 5.85. The van der Waals surface area contributed by atoms with E-state index in [1.807, 2.05) is 12.1 Å². The van der Waals surface area contributed by atoms with Crippen molar-refractivity contribution in [1.29, 1.82) is 0 Å². The highest BCUT2D eigenvalue weighted by Crippen LogP contribution is 2.17. The van der Waals surface area contributed by atoms with Gasteiger partial charge in [0.05, 0.1) is 0 Å². The Morgan fingerprint density at radius 2 is 2.06 bits per heavy atom. The van der Waals surface area contributed by atoms with Crippen LogP contribution in [0.1, 0.15) is 24.4 Å². The summed E-state index contributed by atoms with van der Waals surface area (Å²) in [5.41, 5.74) is 7.15. The van der Waals surface area contributed by atoms with Gasteiger partial charge in [0.15, 0.2) is 0 Å². The Balaban J connectivity index is 2.56. The maximum atomic E-state index is 5.85. The van der Waals surface area contributed by atoms with Gasteiger partial charge in [0.2, 0.25) is 0 Å². The molecule has 0 aliphatic rings. The summed E-state index contributed by atoms with van der Waals surface area (Å²) in [7, 11) is 2.13. The lowest BCUT2D eigenvalue weighted by molar-refractivity contribution is 0.248. The second-order valence-corrected chi connectivity index (χ2v) is 4.07. The fourth-order valence-corrected chi connectivity index (χ4v) is 1.89. The van der Waals surface area contributed by atoms with Crippen molar-refractivity contribution in [1.82, 2.24) is 4.90 Å². The summed E-state index contributed by atoms with van der Waals surface area (Å²) in [6.07, 6.45) is 4.17. The zero-order valence-electron chi connectivity index (χ0n) is 10.1. The molecule has 2 heteroatoms. The third-order valence-electron chi connectivity index (χ3n) is 2.86. The fourth-order valence-electron chi connectivity index (χ4n) is 1.89. The smallest absolute Gasteiger partial charge is 0.0467 e. The normalized spacial score (nSPS) is 12.7. The molecule has 1 unspecified atom stereocenters. The second kappa shape index (κ2) is 7.20. The summed E-state index contributed by atoms with van der Waals surface area (Å²) in [4.78, 5) is 2.32. The highest BCUT2D eigenvalue weighted by molar-refractivity contribution is 5.19. The fraction of sp³-hybridized carbons (Fsp3) is 0.429. The Labute approximate surface area is 98.8 Å². The molecule has 2 N–H and O–H groups in total. The molecule has 1 rings (SSSR count). The number of nitrogens with zero attached hydrogens (tertiary/aromatic N) is 1. The maximum absolute atomic E-state index is 5.85. The summed E-state index contributed by atoms with van der Waals surface area (Å²) in [5, 5.41) is 0. The SMILES string of the molecule is C=CCCCN(C)C(CN)c1ccccc1. The van der Waals surface area contributed by atoms with Crippen LogP contribution in [0.25, 0.3) is 0 Å². The van der Waals surface area contributed by atoms with E-state index in [9.17, 15) is 0 Å². The van der Waals surface area contributed by atoms with Gasteiger partial charge in [-0.15, -0.1) is 6.58 Å². The molecule has 0 radical (unpaired) electrons. The molecule has 0 bridgehead atoms. The van der Waals surface area contributed by atoms with Gasteiger partial charge < -0.3 is 5.73 Å². The Morgan fingerprint density at radius 3 is 2.62 bits per heavy atom. The molecule has 1 aromatic rings. The van der Waals surface area contributed by atoms with Crippen LogP contribution in [-0.2, 0) is 0 Å². The number of allylic oxidation sites excluding steroid dienone is 1.